The summed E-state index contributed by atoms with van der Waals surface area (Å²) in [5, 5.41) is 126. The quantitative estimate of drug-likeness (QED) is 0.0124. The van der Waals surface area contributed by atoms with E-state index in [0.717, 1.165) is 33.4 Å². The molecule has 0 saturated carbocycles. The van der Waals surface area contributed by atoms with Gasteiger partial charge in [0, 0.05) is 151 Å². The van der Waals surface area contributed by atoms with E-state index in [2.05, 4.69) is 5.32 Å². The third-order valence-electron chi connectivity index (χ3n) is 28.6. The smallest absolute Gasteiger partial charge is 0.251 e. The second-order valence-electron chi connectivity index (χ2n) is 40.2. The Kier molecular flexibility index (Phi) is 45.7. The fourth-order valence-electron chi connectivity index (χ4n) is 19.4. The maximum atomic E-state index is 16.8. The van der Waals surface area contributed by atoms with Gasteiger partial charge in [0.05, 0.1) is 0 Å². The third kappa shape index (κ3) is 41.2. The summed E-state index contributed by atoms with van der Waals surface area (Å²) in [7, 11) is 0. The summed E-state index contributed by atoms with van der Waals surface area (Å²) in [5.41, 5.74) is 1.96. The zero-order chi connectivity index (χ0) is 106. The molecule has 0 aliphatic heterocycles. The van der Waals surface area contributed by atoms with Crippen LogP contribution < -0.4 is 5.32 Å². The van der Waals surface area contributed by atoms with E-state index in [4.69, 9.17) is 0 Å². The number of Topliss-reactive ketones (excluding diaryl/α,β-unsaturated/α-hetero) is 11. The van der Waals surface area contributed by atoms with Crippen LogP contribution in [0.25, 0.3) is 0 Å². The Morgan fingerprint density at radius 3 is 0.544 bits per heavy atom. The summed E-state index contributed by atoms with van der Waals surface area (Å²) in [5.74, 6) is -5.91. The first-order valence-corrected chi connectivity index (χ1v) is 51.9. The molecule has 10 aromatic rings. The number of phenolic OH excluding ortho intramolecular Hbond substituents is 12. The van der Waals surface area contributed by atoms with Gasteiger partial charge in [0.25, 0.3) is 5.91 Å². The van der Waals surface area contributed by atoms with E-state index in [0.29, 0.717) is 126 Å². The molecule has 25 heteroatoms. The number of aromatic hydroxyl groups is 12. The van der Waals surface area contributed by atoms with Gasteiger partial charge in [-0.2, -0.15) is 0 Å². The van der Waals surface area contributed by atoms with Crippen LogP contribution >= 0.6 is 0 Å². The van der Waals surface area contributed by atoms with Crippen LogP contribution in [0.2, 0.25) is 0 Å². The normalized spacial score (nSPS) is 11.6. The molecule has 13 N–H and O–H groups in total. The number of rotatable bonds is 71. The van der Waals surface area contributed by atoms with Crippen LogP contribution in [0.5, 0.6) is 69.0 Å². The van der Waals surface area contributed by atoms with Gasteiger partial charge in [0.1, 0.15) is 86.5 Å². The molecule has 0 atom stereocenters. The zero-order valence-corrected chi connectivity index (χ0v) is 84.3. The Morgan fingerprint density at radius 2 is 0.354 bits per heavy atom. The van der Waals surface area contributed by atoms with E-state index in [1.807, 2.05) is 0 Å². The highest BCUT2D eigenvalue weighted by molar-refractivity contribution is 6.06. The molecule has 25 nitrogen and oxygen atoms in total. The number of phenols is 12. The fraction of sp³-hybridized carbons (Fsp3) is 0.410. The minimum absolute atomic E-state index is 0.00598. The second-order valence-corrected chi connectivity index (χ2v) is 40.2. The lowest BCUT2D eigenvalue weighted by molar-refractivity contribution is -0.122. The molecule has 0 unspecified atom stereocenters. The first-order valence-electron chi connectivity index (χ1n) is 51.9. The van der Waals surface area contributed by atoms with Gasteiger partial charge in [-0.05, 0) is 362 Å². The zero-order valence-electron chi connectivity index (χ0n) is 84.3. The molecule has 0 heterocycles. The number of ketones is 11. The first-order chi connectivity index (χ1) is 70.5. The minimum atomic E-state index is -1.61. The standard InChI is InChI=1S/C122H143NO24/c124-96(19-1-10-84-28-43-105(133)44-29-84)58-67-120(68-59-97(125)20-2-11-85-30-45-106(134)46-31-85,71-62-100(128)25-7-16-90-40-55-111(139)114(142)76-90)82-117(145)93-79-94(118(146)83-121(69-60-98(126)21-3-12-86-32-47-107(135)48-33-86,70-61-99(127)22-4-13-87-34-49-108(136)50-35-87)72-63-101(129)26-8-17-91-41-56-112(140)115(143)77-91)81-95(80-93)119(147)123-122(73-64-102(130)23-5-14-88-36-51-109(137)52-37-88,74-65-103(131)24-6-15-89-38-53-110(138)54-39-89)75-66-104(132)27-9-18-92-42-57-113(141)116(144)78-92/h28-57,76-81,133-144H,1-27,58-75,82-83H2,(H,123,147). The summed E-state index contributed by atoms with van der Waals surface area (Å²) in [4.78, 5) is 182. The molecule has 147 heavy (non-hydrogen) atoms. The van der Waals surface area contributed by atoms with Crippen molar-refractivity contribution in [3.8, 4) is 69.0 Å². The molecule has 10 aromatic carbocycles. The van der Waals surface area contributed by atoms with Crippen molar-refractivity contribution in [2.24, 2.45) is 10.8 Å². The Bertz CT molecular complexity index is 5240. The van der Waals surface area contributed by atoms with Gasteiger partial charge in [0.15, 0.2) is 46.1 Å². The summed E-state index contributed by atoms with van der Waals surface area (Å²) in [6.45, 7) is 0. The number of hydrogen-bond donors (Lipinski definition) is 13. The fourth-order valence-corrected chi connectivity index (χ4v) is 19.4. The van der Waals surface area contributed by atoms with Crippen LogP contribution in [0, 0.1) is 10.8 Å². The molecule has 0 aromatic heterocycles. The molecule has 0 bridgehead atoms. The summed E-state index contributed by atoms with van der Waals surface area (Å²) in [6, 6.07) is 56.6. The largest absolute Gasteiger partial charge is 0.508 e. The topological polar surface area (TPSA) is 460 Å². The van der Waals surface area contributed by atoms with E-state index in [1.54, 1.807) is 164 Å². The Hall–Kier alpha value is -14.4. The van der Waals surface area contributed by atoms with Crippen LogP contribution in [-0.4, -0.2) is 136 Å². The van der Waals surface area contributed by atoms with Gasteiger partial charge in [-0.15, -0.1) is 0 Å². The molecule has 0 aliphatic carbocycles. The van der Waals surface area contributed by atoms with Crippen molar-refractivity contribution in [1.29, 1.82) is 0 Å². The molecule has 0 aliphatic rings. The summed E-state index contributed by atoms with van der Waals surface area (Å²) in [6.07, 6.45) is 4.32. The van der Waals surface area contributed by atoms with E-state index in [-0.39, 0.29) is 318 Å². The molecule has 0 fully saturated rings. The van der Waals surface area contributed by atoms with Gasteiger partial charge < -0.3 is 66.6 Å². The van der Waals surface area contributed by atoms with Crippen molar-refractivity contribution in [1.82, 2.24) is 5.32 Å². The average molecular weight is 2010 g/mol. The Balaban J connectivity index is 1.10. The van der Waals surface area contributed by atoms with Gasteiger partial charge >= 0.3 is 0 Å². The Labute approximate surface area is 861 Å². The van der Waals surface area contributed by atoms with Crippen LogP contribution in [0.3, 0.4) is 0 Å². The average Bonchev–Trinajstić information content (AvgIpc) is 0.797. The highest BCUT2D eigenvalue weighted by atomic mass is 16.3. The first kappa shape index (κ1) is 115. The molecule has 0 saturated heterocycles. The lowest BCUT2D eigenvalue weighted by Gasteiger charge is -2.36. The van der Waals surface area contributed by atoms with Crippen molar-refractivity contribution in [3.05, 3.63) is 285 Å². The van der Waals surface area contributed by atoms with Crippen LogP contribution in [0.1, 0.15) is 325 Å². The minimum Gasteiger partial charge on any atom is -0.508 e. The number of benzene rings is 10. The molecule has 0 radical (unpaired) electrons. The third-order valence-corrected chi connectivity index (χ3v) is 28.6. The number of aryl methyl sites for hydroxylation is 9. The van der Waals surface area contributed by atoms with Crippen molar-refractivity contribution in [3.63, 3.8) is 0 Å². The van der Waals surface area contributed by atoms with Gasteiger partial charge in [-0.1, -0.05) is 91.0 Å². The number of carbonyl (C=O) groups excluding carboxylic acids is 12. The number of nitrogens with one attached hydrogen (secondary N) is 1. The van der Waals surface area contributed by atoms with Crippen molar-refractivity contribution >= 4 is 69.5 Å². The van der Waals surface area contributed by atoms with Crippen molar-refractivity contribution in [2.75, 3.05) is 0 Å². The maximum Gasteiger partial charge on any atom is 0.251 e. The SMILES string of the molecule is O=C(CCCc1ccc(O)cc1)CCC(CCC(=O)CCCc1ccc(O)cc1)(CCC(=O)CCCc1ccc(O)c(O)c1)CC(=O)c1cc(C(=O)CC(CCC(=O)CCCc2ccc(O)cc2)(CCC(=O)CCCc2ccc(O)cc2)CCC(=O)CCCc2ccc(O)c(O)c2)cc(C(=O)NC(CCC(=O)CCCc2ccc(O)cc2)(CCC(=O)CCCc2ccc(O)cc2)CCC(=O)CCCc2ccc(O)c(O)c2)c1. The van der Waals surface area contributed by atoms with Crippen molar-refractivity contribution < 1.29 is 119 Å². The molecular formula is C122H143NO24. The van der Waals surface area contributed by atoms with Crippen LogP contribution in [0.15, 0.2) is 218 Å². The number of carbonyl (C=O) groups is 12. The van der Waals surface area contributed by atoms with Crippen LogP contribution in [-0.2, 0) is 101 Å². The maximum absolute atomic E-state index is 16.8. The van der Waals surface area contributed by atoms with E-state index >= 15 is 14.4 Å². The highest BCUT2D eigenvalue weighted by Gasteiger charge is 2.40. The second kappa shape index (κ2) is 58.7. The predicted octanol–water partition coefficient (Wildman–Crippen LogP) is 23.1. The lowest BCUT2D eigenvalue weighted by atomic mass is 9.69. The summed E-state index contributed by atoms with van der Waals surface area (Å²) < 4.78 is 0. The van der Waals surface area contributed by atoms with Gasteiger partial charge in [0.2, 0.25) is 0 Å². The Morgan fingerprint density at radius 1 is 0.184 bits per heavy atom. The van der Waals surface area contributed by atoms with E-state index < -0.39 is 46.7 Å². The lowest BCUT2D eigenvalue weighted by Crippen LogP contribution is -2.49. The van der Waals surface area contributed by atoms with Crippen molar-refractivity contribution in [2.45, 2.75) is 307 Å². The molecule has 1 amide bonds. The number of hydrogen-bond acceptors (Lipinski definition) is 24. The molecular weight excluding hydrogens is 1860 g/mol. The van der Waals surface area contributed by atoms with E-state index in [9.17, 15) is 104 Å². The molecule has 0 spiro atoms. The van der Waals surface area contributed by atoms with E-state index in [1.165, 1.54) is 54.6 Å². The summed E-state index contributed by atoms with van der Waals surface area (Å²) >= 11 is 0. The predicted molar refractivity (Wildman–Crippen MR) is 562 cm³/mol. The molecule has 10 rings (SSSR count). The van der Waals surface area contributed by atoms with Gasteiger partial charge in [-0.25, -0.2) is 0 Å². The number of amides is 1. The highest BCUT2D eigenvalue weighted by Crippen LogP contribution is 2.45. The van der Waals surface area contributed by atoms with Crippen LogP contribution in [0.4, 0.5) is 0 Å². The monoisotopic (exact) mass is 2010 g/mol. The van der Waals surface area contributed by atoms with Gasteiger partial charge in [-0.3, -0.25) is 57.5 Å². The molecule has 780 valence electrons.